The van der Waals surface area contributed by atoms with Crippen molar-refractivity contribution in [1.82, 2.24) is 14.7 Å². The van der Waals surface area contributed by atoms with E-state index in [2.05, 4.69) is 42.4 Å². The van der Waals surface area contributed by atoms with Crippen LogP contribution < -0.4 is 0 Å². The number of piperazine rings is 1. The van der Waals surface area contributed by atoms with Crippen LogP contribution in [0.4, 0.5) is 4.39 Å². The lowest BCUT2D eigenvalue weighted by Gasteiger charge is -2.43. The normalized spacial score (nSPS) is 28.4. The van der Waals surface area contributed by atoms with Crippen LogP contribution in [0.25, 0.3) is 0 Å². The Hall–Kier alpha value is -0.190. The fourth-order valence-electron chi connectivity index (χ4n) is 5.24. The van der Waals surface area contributed by atoms with Crippen molar-refractivity contribution in [2.24, 2.45) is 11.3 Å². The Bertz CT molecular complexity index is 433. The van der Waals surface area contributed by atoms with Gasteiger partial charge in [-0.1, -0.05) is 20.8 Å². The largest absolute Gasteiger partial charge is 0.303 e. The van der Waals surface area contributed by atoms with Crippen LogP contribution in [0.5, 0.6) is 0 Å². The molecule has 3 nitrogen and oxygen atoms in total. The monoisotopic (exact) mass is 367 g/mol. The van der Waals surface area contributed by atoms with Crippen molar-refractivity contribution in [3.63, 3.8) is 0 Å². The van der Waals surface area contributed by atoms with Crippen LogP contribution in [-0.4, -0.2) is 78.8 Å². The molecule has 0 bridgehead atoms. The van der Waals surface area contributed by atoms with Crippen LogP contribution >= 0.6 is 0 Å². The topological polar surface area (TPSA) is 9.72 Å². The van der Waals surface area contributed by atoms with Gasteiger partial charge < -0.3 is 4.90 Å². The van der Waals surface area contributed by atoms with Gasteiger partial charge in [-0.25, -0.2) is 4.39 Å². The Balaban J connectivity index is 1.40. The molecule has 0 amide bonds. The molecule has 3 aliphatic rings. The molecule has 26 heavy (non-hydrogen) atoms. The molecule has 1 unspecified atom stereocenters. The third-order valence-corrected chi connectivity index (χ3v) is 7.24. The highest BCUT2D eigenvalue weighted by Gasteiger charge is 2.45. The van der Waals surface area contributed by atoms with Crippen LogP contribution in [0.3, 0.4) is 0 Å². The summed E-state index contributed by atoms with van der Waals surface area (Å²) in [6.45, 7) is 17.3. The zero-order chi connectivity index (χ0) is 18.8. The molecule has 2 saturated heterocycles. The molecule has 2 heterocycles. The maximum Gasteiger partial charge on any atom is 0.126 e. The van der Waals surface area contributed by atoms with E-state index in [4.69, 9.17) is 0 Å². The highest BCUT2D eigenvalue weighted by atomic mass is 19.1. The van der Waals surface area contributed by atoms with Crippen LogP contribution in [0.15, 0.2) is 0 Å². The van der Waals surface area contributed by atoms with Crippen LogP contribution in [-0.2, 0) is 0 Å². The highest BCUT2D eigenvalue weighted by Crippen LogP contribution is 2.51. The molecule has 0 radical (unpaired) electrons. The fourth-order valence-corrected chi connectivity index (χ4v) is 5.24. The second kappa shape index (κ2) is 8.45. The number of likely N-dealkylation sites (tertiary alicyclic amines) is 1. The van der Waals surface area contributed by atoms with Crippen LogP contribution in [0.2, 0.25) is 0 Å². The molecule has 0 N–H and O–H groups in total. The van der Waals surface area contributed by atoms with E-state index in [-0.39, 0.29) is 0 Å². The second-order valence-electron chi connectivity index (χ2n) is 10.1. The van der Waals surface area contributed by atoms with Gasteiger partial charge in [0.05, 0.1) is 0 Å². The molecule has 4 heteroatoms. The molecule has 0 aromatic rings. The van der Waals surface area contributed by atoms with Gasteiger partial charge in [-0.15, -0.1) is 0 Å². The third kappa shape index (κ3) is 5.42. The lowest BCUT2D eigenvalue weighted by molar-refractivity contribution is 0.000529. The molecular weight excluding hydrogens is 325 g/mol. The van der Waals surface area contributed by atoms with Crippen molar-refractivity contribution < 1.29 is 4.39 Å². The van der Waals surface area contributed by atoms with Gasteiger partial charge in [-0.05, 0) is 56.8 Å². The van der Waals surface area contributed by atoms with E-state index in [1.807, 2.05) is 0 Å². The number of piperidine rings is 1. The summed E-state index contributed by atoms with van der Waals surface area (Å²) in [5.41, 5.74) is -0.374. The molecular formula is C22H42FN3. The lowest BCUT2D eigenvalue weighted by atomic mass is 9.89. The molecule has 1 aliphatic carbocycles. The van der Waals surface area contributed by atoms with Crippen molar-refractivity contribution in [3.8, 4) is 0 Å². The summed E-state index contributed by atoms with van der Waals surface area (Å²) in [5, 5.41) is 0. The molecule has 1 saturated carbocycles. The molecule has 3 rings (SSSR count). The van der Waals surface area contributed by atoms with Gasteiger partial charge in [-0.3, -0.25) is 9.80 Å². The Morgan fingerprint density at radius 1 is 0.808 bits per heavy atom. The highest BCUT2D eigenvalue weighted by molar-refractivity contribution is 4.98. The molecule has 3 fully saturated rings. The maximum atomic E-state index is 15.4. The summed E-state index contributed by atoms with van der Waals surface area (Å²) in [4.78, 5) is 7.51. The van der Waals surface area contributed by atoms with Gasteiger partial charge in [0.2, 0.25) is 0 Å². The van der Waals surface area contributed by atoms with Crippen molar-refractivity contribution >= 4 is 0 Å². The van der Waals surface area contributed by atoms with E-state index in [1.165, 1.54) is 32.2 Å². The first-order valence-electron chi connectivity index (χ1n) is 11.2. The van der Waals surface area contributed by atoms with E-state index >= 15 is 4.39 Å². The second-order valence-corrected chi connectivity index (χ2v) is 10.1. The van der Waals surface area contributed by atoms with Crippen LogP contribution in [0, 0.1) is 11.3 Å². The van der Waals surface area contributed by atoms with Gasteiger partial charge in [0.1, 0.15) is 5.67 Å². The summed E-state index contributed by atoms with van der Waals surface area (Å²) in [6.07, 6.45) is 6.81. The molecule has 0 aromatic heterocycles. The number of alkyl halides is 1. The maximum absolute atomic E-state index is 15.4. The molecule has 1 atom stereocenters. The predicted octanol–water partition coefficient (Wildman–Crippen LogP) is 4.03. The van der Waals surface area contributed by atoms with E-state index in [0.29, 0.717) is 18.0 Å². The molecule has 0 aromatic carbocycles. The summed E-state index contributed by atoms with van der Waals surface area (Å²) >= 11 is 0. The van der Waals surface area contributed by atoms with Crippen molar-refractivity contribution in [3.05, 3.63) is 0 Å². The van der Waals surface area contributed by atoms with Crippen LogP contribution in [0.1, 0.15) is 66.2 Å². The first-order valence-corrected chi connectivity index (χ1v) is 11.2. The van der Waals surface area contributed by atoms with Crippen molar-refractivity contribution in [1.29, 1.82) is 0 Å². The molecule has 152 valence electrons. The Morgan fingerprint density at radius 2 is 1.38 bits per heavy atom. The SMILES string of the molecule is CCC(C)N1CCN(CC2(F)CCN(CC3(CC(C)C)CC3)CC2)CC1. The number of rotatable bonds is 8. The number of halogens is 1. The summed E-state index contributed by atoms with van der Waals surface area (Å²) in [7, 11) is 0. The van der Waals surface area contributed by atoms with Crippen molar-refractivity contribution in [2.45, 2.75) is 77.9 Å². The van der Waals surface area contributed by atoms with E-state index in [0.717, 1.165) is 58.0 Å². The Labute approximate surface area is 161 Å². The fraction of sp³-hybridized carbons (Fsp3) is 1.00. The zero-order valence-electron chi connectivity index (χ0n) is 17.8. The van der Waals surface area contributed by atoms with Gasteiger partial charge in [-0.2, -0.15) is 0 Å². The third-order valence-electron chi connectivity index (χ3n) is 7.24. The minimum atomic E-state index is -0.955. The Morgan fingerprint density at radius 3 is 1.88 bits per heavy atom. The predicted molar refractivity (Wildman–Crippen MR) is 108 cm³/mol. The summed E-state index contributed by atoms with van der Waals surface area (Å²) in [5.74, 6) is 0.789. The van der Waals surface area contributed by atoms with E-state index in [1.54, 1.807) is 0 Å². The summed E-state index contributed by atoms with van der Waals surface area (Å²) in [6, 6.07) is 0.667. The minimum absolute atomic E-state index is 0.580. The number of hydrogen-bond acceptors (Lipinski definition) is 3. The molecule has 2 aliphatic heterocycles. The smallest absolute Gasteiger partial charge is 0.126 e. The first-order chi connectivity index (χ1) is 12.3. The van der Waals surface area contributed by atoms with E-state index in [9.17, 15) is 0 Å². The molecule has 0 spiro atoms. The van der Waals surface area contributed by atoms with Gasteiger partial charge in [0.25, 0.3) is 0 Å². The van der Waals surface area contributed by atoms with Gasteiger partial charge in [0, 0.05) is 58.4 Å². The average molecular weight is 368 g/mol. The lowest BCUT2D eigenvalue weighted by Crippen LogP contribution is -2.55. The average Bonchev–Trinajstić information content (AvgIpc) is 3.35. The number of hydrogen-bond donors (Lipinski definition) is 0. The van der Waals surface area contributed by atoms with Gasteiger partial charge >= 0.3 is 0 Å². The Kier molecular flexibility index (Phi) is 6.67. The summed E-state index contributed by atoms with van der Waals surface area (Å²) < 4.78 is 15.4. The first kappa shape index (κ1) is 20.5. The quantitative estimate of drug-likeness (QED) is 0.641. The van der Waals surface area contributed by atoms with Gasteiger partial charge in [0.15, 0.2) is 0 Å². The zero-order valence-corrected chi connectivity index (χ0v) is 17.8. The number of nitrogens with zero attached hydrogens (tertiary/aromatic N) is 3. The standard InChI is InChI=1S/C22H42FN3/c1-5-20(4)26-14-12-25(13-15-26)18-22(23)8-10-24(11-9-22)17-21(6-7-21)16-19(2)3/h19-20H,5-18H2,1-4H3. The van der Waals surface area contributed by atoms with E-state index < -0.39 is 5.67 Å². The van der Waals surface area contributed by atoms with Crippen molar-refractivity contribution in [2.75, 3.05) is 52.4 Å². The minimum Gasteiger partial charge on any atom is -0.303 e.